The van der Waals surface area contributed by atoms with Crippen LogP contribution in [0.5, 0.6) is 0 Å². The van der Waals surface area contributed by atoms with Crippen LogP contribution in [-0.4, -0.2) is 39.5 Å². The maximum Gasteiger partial charge on any atom is 0.323 e. The van der Waals surface area contributed by atoms with Crippen LogP contribution in [0, 0.1) is 6.92 Å². The lowest BCUT2D eigenvalue weighted by Gasteiger charge is -2.20. The number of hydrogen-bond donors (Lipinski definition) is 1. The van der Waals surface area contributed by atoms with Gasteiger partial charge in [0.15, 0.2) is 5.13 Å². The largest absolute Gasteiger partial charge is 0.327 e. The van der Waals surface area contributed by atoms with Gasteiger partial charge in [0.25, 0.3) is 0 Å². The lowest BCUT2D eigenvalue weighted by molar-refractivity contribution is 0.220. The predicted octanol–water partition coefficient (Wildman–Crippen LogP) is 3.72. The maximum absolute atomic E-state index is 12.3. The van der Waals surface area contributed by atoms with Crippen LogP contribution in [0.15, 0.2) is 23.7 Å². The minimum absolute atomic E-state index is 0.177. The van der Waals surface area contributed by atoms with Crippen molar-refractivity contribution in [1.82, 2.24) is 19.9 Å². The topological polar surface area (TPSA) is 71.0 Å². The first-order valence-electron chi connectivity index (χ1n) is 7.18. The van der Waals surface area contributed by atoms with Crippen molar-refractivity contribution in [1.29, 1.82) is 0 Å². The van der Waals surface area contributed by atoms with E-state index in [-0.39, 0.29) is 11.9 Å². The Morgan fingerprint density at radius 1 is 1.39 bits per heavy atom. The highest BCUT2D eigenvalue weighted by molar-refractivity contribution is 7.21. The summed E-state index contributed by atoms with van der Waals surface area (Å²) < 4.78 is 0. The van der Waals surface area contributed by atoms with Crippen LogP contribution < -0.4 is 5.32 Å². The van der Waals surface area contributed by atoms with Gasteiger partial charge in [0.05, 0.1) is 5.01 Å². The van der Waals surface area contributed by atoms with E-state index in [1.807, 2.05) is 24.4 Å². The first kappa shape index (κ1) is 15.8. The summed E-state index contributed by atoms with van der Waals surface area (Å²) >= 11 is 2.99. The molecule has 0 saturated carbocycles. The van der Waals surface area contributed by atoms with E-state index < -0.39 is 0 Å². The fourth-order valence-corrected chi connectivity index (χ4v) is 3.76. The Kier molecular flexibility index (Phi) is 4.53. The van der Waals surface area contributed by atoms with E-state index >= 15 is 0 Å². The van der Waals surface area contributed by atoms with Gasteiger partial charge >= 0.3 is 6.03 Å². The number of rotatable bonds is 4. The van der Waals surface area contributed by atoms with Crippen LogP contribution in [0.4, 0.5) is 9.93 Å². The van der Waals surface area contributed by atoms with Gasteiger partial charge in [0, 0.05) is 36.8 Å². The lowest BCUT2D eigenvalue weighted by atomic mass is 10.2. The number of aromatic nitrogens is 3. The molecular formula is C15H17N5OS2. The number of anilines is 1. The number of carbonyl (C=O) groups excluding carboxylic acids is 1. The molecule has 3 aromatic heterocycles. The van der Waals surface area contributed by atoms with Crippen LogP contribution in [0.25, 0.3) is 10.3 Å². The Morgan fingerprint density at radius 3 is 2.96 bits per heavy atom. The predicted molar refractivity (Wildman–Crippen MR) is 94.3 cm³/mol. The quantitative estimate of drug-likeness (QED) is 0.781. The molecule has 3 rings (SSSR count). The molecule has 8 heteroatoms. The molecule has 3 aromatic rings. The normalized spacial score (nSPS) is 12.3. The van der Waals surface area contributed by atoms with Gasteiger partial charge < -0.3 is 4.90 Å². The summed E-state index contributed by atoms with van der Waals surface area (Å²) in [7, 11) is 1.77. The number of fused-ring (bicyclic) bond motifs is 1. The summed E-state index contributed by atoms with van der Waals surface area (Å²) in [6, 6.07) is 3.65. The molecule has 0 aliphatic rings. The smallest absolute Gasteiger partial charge is 0.323 e. The van der Waals surface area contributed by atoms with E-state index in [1.165, 1.54) is 11.3 Å². The summed E-state index contributed by atoms with van der Waals surface area (Å²) in [5.41, 5.74) is 1.74. The van der Waals surface area contributed by atoms with Crippen molar-refractivity contribution >= 4 is 44.2 Å². The molecule has 0 radical (unpaired) electrons. The zero-order valence-corrected chi connectivity index (χ0v) is 14.7. The molecule has 3 heterocycles. The zero-order valence-electron chi connectivity index (χ0n) is 13.1. The number of urea groups is 1. The van der Waals surface area contributed by atoms with Crippen molar-refractivity contribution in [3.05, 3.63) is 34.4 Å². The summed E-state index contributed by atoms with van der Waals surface area (Å²) in [6.45, 7) is 4.60. The number of pyridine rings is 1. The third kappa shape index (κ3) is 3.65. The number of carbonyl (C=O) groups is 1. The van der Waals surface area contributed by atoms with E-state index in [9.17, 15) is 4.79 Å². The molecule has 0 spiro atoms. The summed E-state index contributed by atoms with van der Waals surface area (Å²) in [5, 5.41) is 6.38. The van der Waals surface area contributed by atoms with Crippen molar-refractivity contribution < 1.29 is 4.79 Å². The Bertz CT molecular complexity index is 815. The third-order valence-electron chi connectivity index (χ3n) is 3.38. The summed E-state index contributed by atoms with van der Waals surface area (Å²) in [4.78, 5) is 27.9. The molecule has 23 heavy (non-hydrogen) atoms. The molecule has 1 N–H and O–H groups in total. The molecule has 1 unspecified atom stereocenters. The molecule has 1 atom stereocenters. The number of thiazole rings is 2. The highest BCUT2D eigenvalue weighted by Gasteiger charge is 2.17. The van der Waals surface area contributed by atoms with Gasteiger partial charge in [-0.15, -0.1) is 11.3 Å². The van der Waals surface area contributed by atoms with E-state index in [1.54, 1.807) is 29.5 Å². The van der Waals surface area contributed by atoms with Crippen LogP contribution in [0.3, 0.4) is 0 Å². The van der Waals surface area contributed by atoms with Gasteiger partial charge in [-0.1, -0.05) is 18.3 Å². The highest BCUT2D eigenvalue weighted by Crippen LogP contribution is 2.25. The first-order valence-corrected chi connectivity index (χ1v) is 8.88. The van der Waals surface area contributed by atoms with Gasteiger partial charge in [-0.25, -0.2) is 19.7 Å². The molecular weight excluding hydrogens is 330 g/mol. The van der Waals surface area contributed by atoms with Gasteiger partial charge in [-0.3, -0.25) is 5.32 Å². The van der Waals surface area contributed by atoms with Crippen molar-refractivity contribution in [3.63, 3.8) is 0 Å². The molecule has 0 bridgehead atoms. The zero-order chi connectivity index (χ0) is 16.4. The van der Waals surface area contributed by atoms with E-state index in [0.717, 1.165) is 21.0 Å². The van der Waals surface area contributed by atoms with E-state index in [0.29, 0.717) is 11.7 Å². The molecule has 120 valence electrons. The maximum atomic E-state index is 12.3. The first-order chi connectivity index (χ1) is 11.0. The SMILES string of the molecule is Cc1ccc2nc(NC(=O)N(C)CC(C)c3nccs3)sc2n1. The highest BCUT2D eigenvalue weighted by atomic mass is 32.1. The Hall–Kier alpha value is -2.06. The van der Waals surface area contributed by atoms with Crippen molar-refractivity contribution in [3.8, 4) is 0 Å². The fourth-order valence-electron chi connectivity index (χ4n) is 2.20. The lowest BCUT2D eigenvalue weighted by Crippen LogP contribution is -2.34. The number of aryl methyl sites for hydroxylation is 1. The second kappa shape index (κ2) is 6.59. The number of nitrogens with zero attached hydrogens (tertiary/aromatic N) is 4. The fraction of sp³-hybridized carbons (Fsp3) is 0.333. The third-order valence-corrected chi connectivity index (χ3v) is 5.26. The summed E-state index contributed by atoms with van der Waals surface area (Å²) in [6.07, 6.45) is 1.78. The number of hydrogen-bond acceptors (Lipinski definition) is 6. The Morgan fingerprint density at radius 2 is 2.22 bits per heavy atom. The number of nitrogens with one attached hydrogen (secondary N) is 1. The summed E-state index contributed by atoms with van der Waals surface area (Å²) in [5.74, 6) is 0.199. The second-order valence-electron chi connectivity index (χ2n) is 5.38. The molecule has 0 aliphatic heterocycles. The average molecular weight is 347 g/mol. The monoisotopic (exact) mass is 347 g/mol. The van der Waals surface area contributed by atoms with Crippen molar-refractivity contribution in [2.45, 2.75) is 19.8 Å². The van der Waals surface area contributed by atoms with Crippen LogP contribution >= 0.6 is 22.7 Å². The molecule has 0 aromatic carbocycles. The van der Waals surface area contributed by atoms with Gasteiger partial charge in [0.1, 0.15) is 10.3 Å². The van der Waals surface area contributed by atoms with Gasteiger partial charge in [-0.2, -0.15) is 0 Å². The van der Waals surface area contributed by atoms with Crippen molar-refractivity contribution in [2.24, 2.45) is 0 Å². The van der Waals surface area contributed by atoms with Crippen LogP contribution in [0.1, 0.15) is 23.5 Å². The molecule has 6 nitrogen and oxygen atoms in total. The number of likely N-dealkylation sites (N-methyl/N-ethyl adjacent to an activating group) is 1. The van der Waals surface area contributed by atoms with Crippen LogP contribution in [-0.2, 0) is 0 Å². The molecule has 0 saturated heterocycles. The standard InChI is InChI=1S/C15H17N5OS2/c1-9(12-16-6-7-22-12)8-20(3)15(21)19-14-18-11-5-4-10(2)17-13(11)23-14/h4-7,9H,8H2,1-3H3,(H,18,19,21). The number of amides is 2. The molecule has 2 amide bonds. The van der Waals surface area contributed by atoms with Crippen molar-refractivity contribution in [2.75, 3.05) is 18.9 Å². The van der Waals surface area contributed by atoms with Gasteiger partial charge in [-0.05, 0) is 19.1 Å². The molecule has 0 fully saturated rings. The Balaban J connectivity index is 1.65. The molecule has 0 aliphatic carbocycles. The minimum Gasteiger partial charge on any atom is -0.327 e. The Labute approximate surface area is 142 Å². The average Bonchev–Trinajstić information content (AvgIpc) is 3.15. The van der Waals surface area contributed by atoms with E-state index in [4.69, 9.17) is 0 Å². The van der Waals surface area contributed by atoms with Crippen LogP contribution in [0.2, 0.25) is 0 Å². The minimum atomic E-state index is -0.177. The van der Waals surface area contributed by atoms with Gasteiger partial charge in [0.2, 0.25) is 0 Å². The van der Waals surface area contributed by atoms with E-state index in [2.05, 4.69) is 27.2 Å². The second-order valence-corrected chi connectivity index (χ2v) is 7.28.